The third-order valence-corrected chi connectivity index (χ3v) is 4.92. The second kappa shape index (κ2) is 6.09. The van der Waals surface area contributed by atoms with Crippen LogP contribution in [0.15, 0.2) is 71.1 Å². The highest BCUT2D eigenvalue weighted by Crippen LogP contribution is 2.51. The maximum absolute atomic E-state index is 6.27. The fraction of sp³-hybridized carbons (Fsp3) is 0.130. The van der Waals surface area contributed by atoms with E-state index in [1.807, 2.05) is 42.5 Å². The molecule has 1 aromatic heterocycles. The molecular formula is C23H19NO3. The Morgan fingerprint density at radius 2 is 1.74 bits per heavy atom. The Morgan fingerprint density at radius 1 is 0.926 bits per heavy atom. The number of furan rings is 1. The van der Waals surface area contributed by atoms with Crippen molar-refractivity contribution in [2.24, 2.45) is 0 Å². The number of nitrogens with zero attached hydrogens (tertiary/aromatic N) is 1. The fourth-order valence-electron chi connectivity index (χ4n) is 3.61. The van der Waals surface area contributed by atoms with Crippen molar-refractivity contribution < 1.29 is 13.9 Å². The lowest BCUT2D eigenvalue weighted by atomic mass is 10.1. The molecule has 0 unspecified atom stereocenters. The van der Waals surface area contributed by atoms with Crippen LogP contribution in [0.2, 0.25) is 0 Å². The van der Waals surface area contributed by atoms with Crippen LogP contribution in [0.5, 0.6) is 11.5 Å². The lowest BCUT2D eigenvalue weighted by Gasteiger charge is -2.24. The van der Waals surface area contributed by atoms with Crippen molar-refractivity contribution in [3.8, 4) is 11.5 Å². The van der Waals surface area contributed by atoms with Crippen molar-refractivity contribution in [3.05, 3.63) is 77.9 Å². The summed E-state index contributed by atoms with van der Waals surface area (Å²) in [5, 5.41) is 0.969. The Kier molecular flexibility index (Phi) is 3.57. The van der Waals surface area contributed by atoms with E-state index in [4.69, 9.17) is 13.9 Å². The molecule has 5 rings (SSSR count). The summed E-state index contributed by atoms with van der Waals surface area (Å²) in [5.74, 6) is 2.21. The van der Waals surface area contributed by atoms with E-state index in [-0.39, 0.29) is 0 Å². The van der Waals surface area contributed by atoms with Crippen LogP contribution in [-0.2, 0) is 6.61 Å². The van der Waals surface area contributed by atoms with Crippen molar-refractivity contribution in [1.82, 2.24) is 0 Å². The number of para-hydroxylation sites is 2. The normalized spacial score (nSPS) is 12.9. The first-order valence-corrected chi connectivity index (χ1v) is 8.93. The van der Waals surface area contributed by atoms with Gasteiger partial charge in [0.25, 0.3) is 0 Å². The van der Waals surface area contributed by atoms with Crippen LogP contribution < -0.4 is 14.4 Å². The Labute approximate surface area is 157 Å². The molecule has 1 aliphatic heterocycles. The average Bonchev–Trinajstić information content (AvgIpc) is 2.98. The van der Waals surface area contributed by atoms with Gasteiger partial charge >= 0.3 is 0 Å². The molecule has 0 saturated carbocycles. The Hall–Kier alpha value is -3.40. The molecule has 0 bridgehead atoms. The number of anilines is 3. The topological polar surface area (TPSA) is 34.8 Å². The summed E-state index contributed by atoms with van der Waals surface area (Å²) in [5.41, 5.74) is 4.98. The molecule has 3 aromatic carbocycles. The number of ether oxygens (including phenoxy) is 2. The first-order chi connectivity index (χ1) is 13.3. The van der Waals surface area contributed by atoms with Crippen molar-refractivity contribution in [1.29, 1.82) is 0 Å². The van der Waals surface area contributed by atoms with E-state index in [9.17, 15) is 0 Å². The van der Waals surface area contributed by atoms with E-state index in [0.717, 1.165) is 45.0 Å². The van der Waals surface area contributed by atoms with E-state index in [1.54, 1.807) is 7.11 Å². The summed E-state index contributed by atoms with van der Waals surface area (Å²) in [6.07, 6.45) is 0. The van der Waals surface area contributed by atoms with E-state index in [1.165, 1.54) is 0 Å². The molecule has 0 spiro atoms. The quantitative estimate of drug-likeness (QED) is 0.433. The maximum Gasteiger partial charge on any atom is 0.248 e. The summed E-state index contributed by atoms with van der Waals surface area (Å²) in [7, 11) is 1.69. The van der Waals surface area contributed by atoms with Crippen LogP contribution in [0.25, 0.3) is 11.0 Å². The van der Waals surface area contributed by atoms with E-state index in [0.29, 0.717) is 12.5 Å². The zero-order valence-corrected chi connectivity index (χ0v) is 15.2. The minimum absolute atomic E-state index is 0.484. The van der Waals surface area contributed by atoms with Gasteiger partial charge in [-0.1, -0.05) is 36.4 Å². The molecular weight excluding hydrogens is 338 g/mol. The van der Waals surface area contributed by atoms with Crippen LogP contribution in [0.4, 0.5) is 17.3 Å². The first kappa shape index (κ1) is 15.8. The van der Waals surface area contributed by atoms with Crippen molar-refractivity contribution in [2.45, 2.75) is 13.5 Å². The Morgan fingerprint density at radius 3 is 2.63 bits per heavy atom. The van der Waals surface area contributed by atoms with Gasteiger partial charge in [-0.3, -0.25) is 4.90 Å². The number of aryl methyl sites for hydroxylation is 1. The summed E-state index contributed by atoms with van der Waals surface area (Å²) < 4.78 is 18.2. The van der Waals surface area contributed by atoms with Crippen molar-refractivity contribution >= 4 is 28.2 Å². The molecule has 0 fully saturated rings. The average molecular weight is 357 g/mol. The molecule has 1 aliphatic rings. The SMILES string of the molecule is COc1cc(C)ccc1N1c2ccccc2COc2c1oc1ccccc21. The molecule has 0 aliphatic carbocycles. The van der Waals surface area contributed by atoms with Crippen LogP contribution in [-0.4, -0.2) is 7.11 Å². The number of rotatable bonds is 2. The molecule has 4 nitrogen and oxygen atoms in total. The molecule has 134 valence electrons. The molecule has 2 heterocycles. The van der Waals surface area contributed by atoms with Gasteiger partial charge < -0.3 is 13.9 Å². The van der Waals surface area contributed by atoms with E-state index < -0.39 is 0 Å². The second-order valence-electron chi connectivity index (χ2n) is 6.66. The predicted octanol–water partition coefficient (Wildman–Crippen LogP) is 6.11. The van der Waals surface area contributed by atoms with Gasteiger partial charge in [-0.2, -0.15) is 0 Å². The molecule has 0 atom stereocenters. The third kappa shape index (κ3) is 2.45. The Bertz CT molecular complexity index is 1150. The fourth-order valence-corrected chi connectivity index (χ4v) is 3.61. The highest BCUT2D eigenvalue weighted by Gasteiger charge is 2.30. The van der Waals surface area contributed by atoms with Gasteiger partial charge in [0.1, 0.15) is 17.9 Å². The molecule has 4 heteroatoms. The summed E-state index contributed by atoms with van der Waals surface area (Å²) >= 11 is 0. The first-order valence-electron chi connectivity index (χ1n) is 8.93. The molecule has 0 saturated heterocycles. The van der Waals surface area contributed by atoms with Gasteiger partial charge in [0.2, 0.25) is 5.88 Å². The highest BCUT2D eigenvalue weighted by molar-refractivity contribution is 5.95. The predicted molar refractivity (Wildman–Crippen MR) is 107 cm³/mol. The molecule has 0 amide bonds. The van der Waals surface area contributed by atoms with Crippen molar-refractivity contribution in [2.75, 3.05) is 12.0 Å². The van der Waals surface area contributed by atoms with Gasteiger partial charge in [0.15, 0.2) is 5.75 Å². The van der Waals surface area contributed by atoms with Crippen LogP contribution in [0, 0.1) is 6.92 Å². The van der Waals surface area contributed by atoms with Gasteiger partial charge in [-0.25, -0.2) is 0 Å². The lowest BCUT2D eigenvalue weighted by molar-refractivity contribution is 0.311. The second-order valence-corrected chi connectivity index (χ2v) is 6.66. The zero-order chi connectivity index (χ0) is 18.4. The zero-order valence-electron chi connectivity index (χ0n) is 15.2. The monoisotopic (exact) mass is 357 g/mol. The summed E-state index contributed by atoms with van der Waals surface area (Å²) in [6.45, 7) is 2.54. The summed E-state index contributed by atoms with van der Waals surface area (Å²) in [4.78, 5) is 2.09. The third-order valence-electron chi connectivity index (χ3n) is 4.92. The van der Waals surface area contributed by atoms with Crippen LogP contribution in [0.3, 0.4) is 0 Å². The van der Waals surface area contributed by atoms with Gasteiger partial charge in [-0.15, -0.1) is 0 Å². The van der Waals surface area contributed by atoms with E-state index in [2.05, 4.69) is 36.1 Å². The largest absolute Gasteiger partial charge is 0.495 e. The lowest BCUT2D eigenvalue weighted by Crippen LogP contribution is -2.11. The molecule has 0 radical (unpaired) electrons. The molecule has 0 N–H and O–H groups in total. The number of benzene rings is 3. The molecule has 4 aromatic rings. The van der Waals surface area contributed by atoms with Crippen LogP contribution in [0.1, 0.15) is 11.1 Å². The number of hydrogen-bond acceptors (Lipinski definition) is 4. The summed E-state index contributed by atoms with van der Waals surface area (Å²) in [6, 6.07) is 22.3. The minimum Gasteiger partial charge on any atom is -0.495 e. The van der Waals surface area contributed by atoms with Gasteiger partial charge in [-0.05, 0) is 42.8 Å². The Balaban J connectivity index is 1.84. The highest BCUT2D eigenvalue weighted by atomic mass is 16.5. The molecule has 27 heavy (non-hydrogen) atoms. The van der Waals surface area contributed by atoms with E-state index >= 15 is 0 Å². The van der Waals surface area contributed by atoms with Gasteiger partial charge in [0.05, 0.1) is 23.9 Å². The minimum atomic E-state index is 0.484. The standard InChI is InChI=1S/C23H19NO3/c1-15-11-12-19(21(13-15)25-2)24-18-9-5-3-7-16(18)14-26-22-17-8-4-6-10-20(17)27-23(22)24/h3-13H,14H2,1-2H3. The number of fused-ring (bicyclic) bond motifs is 4. The number of hydrogen-bond donors (Lipinski definition) is 0. The smallest absolute Gasteiger partial charge is 0.248 e. The van der Waals surface area contributed by atoms with Crippen LogP contribution >= 0.6 is 0 Å². The van der Waals surface area contributed by atoms with Crippen molar-refractivity contribution in [3.63, 3.8) is 0 Å². The number of methoxy groups -OCH3 is 1. The maximum atomic E-state index is 6.27. The van der Waals surface area contributed by atoms with Gasteiger partial charge in [0, 0.05) is 5.56 Å².